The molecule has 144 heavy (non-hydrogen) atoms. The molecule has 0 atom stereocenters. The Balaban J connectivity index is 0.000000138. The predicted molar refractivity (Wildman–Crippen MR) is 548 cm³/mol. The molecule has 3 saturated heterocycles. The van der Waals surface area contributed by atoms with Gasteiger partial charge in [-0.15, -0.1) is 19.3 Å². The molecule has 0 bridgehead atoms. The number of nitrogens with zero attached hydrogens (tertiary/aromatic N) is 22. The maximum absolute atomic E-state index is 12.6. The van der Waals surface area contributed by atoms with Crippen molar-refractivity contribution < 1.29 is 43.4 Å². The van der Waals surface area contributed by atoms with Gasteiger partial charge in [0.2, 0.25) is 5.78 Å². The van der Waals surface area contributed by atoms with E-state index in [1.54, 1.807) is 114 Å². The van der Waals surface area contributed by atoms with Crippen LogP contribution in [-0.2, 0) is 4.79 Å². The number of pyridine rings is 10. The van der Waals surface area contributed by atoms with Crippen molar-refractivity contribution in [1.82, 2.24) is 78.6 Å². The van der Waals surface area contributed by atoms with Gasteiger partial charge in [0.15, 0.2) is 0 Å². The van der Waals surface area contributed by atoms with Gasteiger partial charge >= 0.3 is 0 Å². The fourth-order valence-corrected chi connectivity index (χ4v) is 17.2. The fourth-order valence-electron chi connectivity index (χ4n) is 17.2. The van der Waals surface area contributed by atoms with Crippen molar-refractivity contribution in [2.24, 2.45) is 5.41 Å². The van der Waals surface area contributed by atoms with Crippen LogP contribution in [0.3, 0.4) is 0 Å². The van der Waals surface area contributed by atoms with E-state index in [-0.39, 0.29) is 42.2 Å². The van der Waals surface area contributed by atoms with Crippen molar-refractivity contribution in [3.63, 3.8) is 0 Å². The minimum absolute atomic E-state index is 0.0241. The summed E-state index contributed by atoms with van der Waals surface area (Å²) in [6.45, 7) is 20.7. The lowest BCUT2D eigenvalue weighted by Gasteiger charge is -2.40. The highest BCUT2D eigenvalue weighted by molar-refractivity contribution is 5.96. The zero-order valence-electron chi connectivity index (χ0n) is 81.7. The number of carbonyl (C=O) groups is 1. The van der Waals surface area contributed by atoms with Crippen LogP contribution in [0, 0.1) is 99.6 Å². The maximum atomic E-state index is 12.6. The van der Waals surface area contributed by atoms with Crippen LogP contribution in [0.5, 0.6) is 34.5 Å². The van der Waals surface area contributed by atoms with Crippen LogP contribution in [0.2, 0.25) is 0 Å². The summed E-state index contributed by atoms with van der Waals surface area (Å²) in [7, 11) is 4.00. The highest BCUT2D eigenvalue weighted by Gasteiger charge is 2.37. The van der Waals surface area contributed by atoms with E-state index in [0.717, 1.165) is 169 Å². The Bertz CT molecular complexity index is 7470. The number of fused-ring (bicyclic) bond motifs is 4. The first kappa shape index (κ1) is 99.8. The van der Waals surface area contributed by atoms with Crippen LogP contribution < -0.4 is 48.4 Å². The molecule has 0 amide bonds. The van der Waals surface area contributed by atoms with E-state index >= 15 is 0 Å². The van der Waals surface area contributed by atoms with Gasteiger partial charge in [-0.2, -0.15) is 41.4 Å². The fraction of sp³-hybridized carbons (Fsp3) is 0.312. The molecule has 3 N–H and O–H groups in total. The first-order valence-electron chi connectivity index (χ1n) is 47.4. The Morgan fingerprint density at radius 3 is 1.27 bits per heavy atom. The molecular formula is C112H109N23O9. The van der Waals surface area contributed by atoms with Crippen LogP contribution in [-0.4, -0.2) is 211 Å². The van der Waals surface area contributed by atoms with Gasteiger partial charge in [-0.05, 0) is 209 Å². The number of nitrogens with one attached hydrogen (secondary N) is 1. The van der Waals surface area contributed by atoms with Crippen molar-refractivity contribution in [1.29, 1.82) is 21.0 Å². The van der Waals surface area contributed by atoms with Crippen LogP contribution in [0.1, 0.15) is 144 Å². The molecular weight excluding hydrogens is 1810 g/mol. The van der Waals surface area contributed by atoms with E-state index in [9.17, 15) is 36.1 Å². The number of ether oxygens (including phenoxy) is 6. The van der Waals surface area contributed by atoms with Gasteiger partial charge in [0.25, 0.3) is 0 Å². The molecule has 17 heterocycles. The van der Waals surface area contributed by atoms with Gasteiger partial charge in [0.1, 0.15) is 120 Å². The standard InChI is InChI=1S/C33H33N5O3.C28H25N5O3.C27H25N7O2.C24H26N6O/c1-32(2,40)23-41-28-17-29(31-26(19-34)21-36-38(31)22-28)25-10-12-30(35-20-25)37-15-13-33(3,14-16-37)18-27(39)11-9-24-7-5-4-6-8-24;1-4-21-6-7-22(15-30-21)36-23-9-19(10-23)26-8-5-18(13-31-26)25-11-24(35-17-28(2,3)34)16-33-27(25)20(12-29)14-32-33;1-4-21-6-7-22(15-29-21)36-24-16-33(17-24)26-8-5-19(13-30-26)25-11-23(35-10-9-32(2)3)18-34-27(25)20(12-28)14-31-34;1-4-10-27-24(3)8-11-29(12-9-24)22-7-6-18(15-26-22)21-13-20(31-5-2)17-30-23(21)19(14-25)16-28-30/h4-8,10,12,17,20-22,40H,13-16,18,23H2,1-3H3;1,5-8,11,13-16,19,23,34H,9-10,17H2,2-3H3;1,5-8,11,13-15,18,24H,9-10,16-17H2,2-3H3;1,6-7,13,15-17,27H,5,8-12H2,2-3H3. The quantitative estimate of drug-likeness (QED) is 0.0383. The largest absolute Gasteiger partial charge is 0.492 e. The Labute approximate surface area is 836 Å². The molecule has 14 aromatic heterocycles. The van der Waals surface area contributed by atoms with E-state index in [1.807, 2.05) is 155 Å². The average molecular weight is 1920 g/mol. The molecule has 32 heteroatoms. The van der Waals surface area contributed by atoms with E-state index in [4.69, 9.17) is 62.6 Å². The number of hydrogen-bond donors (Lipinski definition) is 3. The van der Waals surface area contributed by atoms with Crippen molar-refractivity contribution in [3.05, 3.63) is 259 Å². The molecule has 15 aromatic rings. The lowest BCUT2D eigenvalue weighted by atomic mass is 9.76. The summed E-state index contributed by atoms with van der Waals surface area (Å²) in [4.78, 5) is 48.5. The highest BCUT2D eigenvalue weighted by atomic mass is 16.5. The molecule has 1 saturated carbocycles. The number of likely N-dealkylation sites (N-methyl/N-ethyl adjacent to an activating group) is 1. The maximum Gasteiger partial charge on any atom is 0.206 e. The first-order chi connectivity index (χ1) is 69.5. The molecule has 19 rings (SSSR count). The third kappa shape index (κ3) is 24.6. The lowest BCUT2D eigenvalue weighted by Crippen LogP contribution is -2.54. The molecule has 0 unspecified atom stereocenters. The number of carbonyl (C=O) groups excluding carboxylic acids is 1. The van der Waals surface area contributed by atoms with Gasteiger partial charge in [0, 0.05) is 131 Å². The summed E-state index contributed by atoms with van der Waals surface area (Å²) < 4.78 is 41.9. The van der Waals surface area contributed by atoms with E-state index in [0.29, 0.717) is 111 Å². The Hall–Kier alpha value is -17.2. The molecule has 1 aliphatic carbocycles. The van der Waals surface area contributed by atoms with Crippen LogP contribution in [0.25, 0.3) is 66.6 Å². The second-order valence-electron chi connectivity index (χ2n) is 37.9. The Morgan fingerprint density at radius 1 is 0.486 bits per heavy atom. The number of ketones is 1. The number of aromatic nitrogens is 14. The summed E-state index contributed by atoms with van der Waals surface area (Å²) in [6.07, 6.45) is 46.0. The molecule has 32 nitrogen and oxygen atoms in total. The van der Waals surface area contributed by atoms with Crippen LogP contribution in [0.15, 0.2) is 214 Å². The lowest BCUT2D eigenvalue weighted by molar-refractivity contribution is -0.116. The van der Waals surface area contributed by atoms with Gasteiger partial charge in [-0.1, -0.05) is 54.9 Å². The number of rotatable bonds is 28. The monoisotopic (exact) mass is 1920 g/mol. The summed E-state index contributed by atoms with van der Waals surface area (Å²) in [6, 6.07) is 49.3. The third-order valence-electron chi connectivity index (χ3n) is 25.3. The smallest absolute Gasteiger partial charge is 0.206 e. The molecule has 726 valence electrons. The summed E-state index contributed by atoms with van der Waals surface area (Å²) in [5.74, 6) is 20.3. The minimum Gasteiger partial charge on any atom is -0.492 e. The number of aliphatic hydroxyl groups is 2. The molecule has 4 aliphatic rings. The zero-order chi connectivity index (χ0) is 101. The Kier molecular flexibility index (Phi) is 30.8. The number of nitriles is 4. The second kappa shape index (κ2) is 44.5. The first-order valence-corrected chi connectivity index (χ1v) is 47.4. The van der Waals surface area contributed by atoms with Gasteiger partial charge in [0.05, 0.1) is 144 Å². The summed E-state index contributed by atoms with van der Waals surface area (Å²) >= 11 is 0. The molecule has 3 aliphatic heterocycles. The predicted octanol–water partition coefficient (Wildman–Crippen LogP) is 15.3. The molecule has 0 spiro atoms. The number of terminal acetylenes is 3. The highest BCUT2D eigenvalue weighted by Crippen LogP contribution is 2.43. The number of benzene rings is 1. The number of anilines is 3. The third-order valence-corrected chi connectivity index (χ3v) is 25.3. The number of Topliss-reactive ketones (excluding diaryl/α,β-unsaturated/α-hetero) is 1. The van der Waals surface area contributed by atoms with E-state index < -0.39 is 11.2 Å². The van der Waals surface area contributed by atoms with Gasteiger partial charge in [-0.25, -0.2) is 43.0 Å². The van der Waals surface area contributed by atoms with Crippen molar-refractivity contribution in [2.75, 3.05) is 108 Å². The zero-order valence-corrected chi connectivity index (χ0v) is 81.7. The number of hydrogen-bond acceptors (Lipinski definition) is 28. The number of piperidine rings is 2. The second-order valence-corrected chi connectivity index (χ2v) is 37.9. The van der Waals surface area contributed by atoms with Crippen molar-refractivity contribution in [3.8, 4) is 152 Å². The van der Waals surface area contributed by atoms with Crippen molar-refractivity contribution >= 4 is 45.3 Å². The average Bonchev–Trinajstić information content (AvgIpc) is 1.68. The minimum atomic E-state index is -0.992. The Morgan fingerprint density at radius 2 is 0.896 bits per heavy atom. The van der Waals surface area contributed by atoms with Gasteiger partial charge in [-0.3, -0.25) is 9.78 Å². The van der Waals surface area contributed by atoms with Crippen LogP contribution in [0.4, 0.5) is 17.5 Å². The van der Waals surface area contributed by atoms with E-state index in [2.05, 4.69) is 128 Å². The molecule has 0 radical (unpaired) electrons. The van der Waals surface area contributed by atoms with Crippen molar-refractivity contribution in [2.45, 2.75) is 128 Å². The topological polar surface area (TPSA) is 380 Å². The molecule has 4 fully saturated rings. The molecule has 1 aromatic carbocycles. The normalized spacial score (nSPS) is 15.1. The SMILES string of the molecule is C#CCNC1(C)CCN(c2ccc(-c3cc(OCC)cn4ncc(C#N)c34)cn2)CC1.C#Cc1ccc(OC2CC(c3ccc(-c4cc(OCC(C)(C)O)cn5ncc(C#N)c45)cn3)C2)cn1.C#Cc1ccc(OC2CN(c3ccc(-c4cc(OCCN(C)C)cn5ncc(C#N)c45)cn3)C2)cn1.CC(C)(O)COc1cc(-c2ccc(N3CCC(C)(CC(=O)C#Cc4ccccc4)CC3)nc2)c2c(C#N)cnn2c1. The summed E-state index contributed by atoms with van der Waals surface area (Å²) in [5, 5.41) is 79.2. The van der Waals surface area contributed by atoms with E-state index in [1.165, 1.54) is 12.4 Å². The van der Waals surface area contributed by atoms with Gasteiger partial charge < -0.3 is 63.6 Å². The summed E-state index contributed by atoms with van der Waals surface area (Å²) in [5.41, 5.74) is 12.6. The van der Waals surface area contributed by atoms with Crippen LogP contribution >= 0.6 is 0 Å².